The summed E-state index contributed by atoms with van der Waals surface area (Å²) in [4.78, 5) is 2.71. The first-order valence-electron chi connectivity index (χ1n) is 10.2. The molecule has 0 amide bonds. The molecule has 0 aromatic heterocycles. The third-order valence-electron chi connectivity index (χ3n) is 7.08. The highest BCUT2D eigenvalue weighted by Crippen LogP contribution is 2.53. The predicted octanol–water partition coefficient (Wildman–Crippen LogP) is 3.11. The molecule has 2 saturated heterocycles. The molecular formula is C21H32FN3. The lowest BCUT2D eigenvalue weighted by molar-refractivity contribution is -0.0773. The number of likely N-dealkylation sites (tertiary alicyclic amines) is 1. The summed E-state index contributed by atoms with van der Waals surface area (Å²) in [7, 11) is 2.11. The number of benzene rings is 1. The van der Waals surface area contributed by atoms with E-state index in [1.807, 2.05) is 12.1 Å². The molecule has 3 nitrogen and oxygen atoms in total. The molecule has 1 aromatic carbocycles. The number of halogens is 1. The Labute approximate surface area is 151 Å². The van der Waals surface area contributed by atoms with Crippen molar-refractivity contribution in [3.63, 3.8) is 0 Å². The van der Waals surface area contributed by atoms with Crippen molar-refractivity contribution >= 4 is 0 Å². The van der Waals surface area contributed by atoms with Crippen molar-refractivity contribution in [3.8, 4) is 0 Å². The predicted molar refractivity (Wildman–Crippen MR) is 100 cm³/mol. The highest BCUT2D eigenvalue weighted by molar-refractivity contribution is 5.30. The summed E-state index contributed by atoms with van der Waals surface area (Å²) < 4.78 is 14.3. The average molecular weight is 346 g/mol. The van der Waals surface area contributed by atoms with Gasteiger partial charge >= 0.3 is 0 Å². The molecule has 1 aliphatic carbocycles. The lowest BCUT2D eigenvalue weighted by Gasteiger charge is -2.58. The zero-order chi connectivity index (χ0) is 17.3. The summed E-state index contributed by atoms with van der Waals surface area (Å²) in [5.41, 5.74) is 1.22. The third-order valence-corrected chi connectivity index (χ3v) is 7.08. The summed E-state index contributed by atoms with van der Waals surface area (Å²) >= 11 is 0. The largest absolute Gasteiger partial charge is 0.317 e. The number of rotatable bonds is 5. The van der Waals surface area contributed by atoms with Crippen molar-refractivity contribution in [1.82, 2.24) is 15.5 Å². The number of nitrogens with zero attached hydrogens (tertiary/aromatic N) is 1. The molecule has 2 aliphatic heterocycles. The van der Waals surface area contributed by atoms with Crippen LogP contribution in [0, 0.1) is 17.7 Å². The molecule has 2 heterocycles. The van der Waals surface area contributed by atoms with Gasteiger partial charge in [0.05, 0.1) is 5.54 Å². The van der Waals surface area contributed by atoms with Crippen molar-refractivity contribution in [2.45, 2.75) is 50.1 Å². The van der Waals surface area contributed by atoms with Gasteiger partial charge in [0.1, 0.15) is 5.82 Å². The Hall–Kier alpha value is -0.970. The van der Waals surface area contributed by atoms with Crippen LogP contribution in [0.15, 0.2) is 24.3 Å². The molecule has 3 unspecified atom stereocenters. The molecule has 0 spiro atoms. The standard InChI is InChI=1S/C21H32FN3/c1-23-20-8-3-7-19(20)21(25-13-4-14-25,16-9-11-24-12-10-16)17-5-2-6-18(22)15-17/h2,5-6,15-16,19-20,23-24H,3-4,7-14H2,1H3. The van der Waals surface area contributed by atoms with Crippen LogP contribution in [0.2, 0.25) is 0 Å². The van der Waals surface area contributed by atoms with Gasteiger partial charge in [0, 0.05) is 19.1 Å². The first-order valence-corrected chi connectivity index (χ1v) is 10.2. The first kappa shape index (κ1) is 17.4. The number of nitrogens with one attached hydrogen (secondary N) is 2. The van der Waals surface area contributed by atoms with E-state index in [0.29, 0.717) is 17.9 Å². The first-order chi connectivity index (χ1) is 12.3. The van der Waals surface area contributed by atoms with E-state index < -0.39 is 0 Å². The minimum atomic E-state index is -0.0877. The van der Waals surface area contributed by atoms with Crippen molar-refractivity contribution in [2.75, 3.05) is 33.2 Å². The summed E-state index contributed by atoms with van der Waals surface area (Å²) in [6.45, 7) is 4.50. The number of hydrogen-bond donors (Lipinski definition) is 2. The Balaban J connectivity index is 1.84. The Kier molecular flexibility index (Phi) is 5.12. The van der Waals surface area contributed by atoms with Crippen LogP contribution < -0.4 is 10.6 Å². The smallest absolute Gasteiger partial charge is 0.123 e. The van der Waals surface area contributed by atoms with Crippen LogP contribution in [-0.4, -0.2) is 44.2 Å². The van der Waals surface area contributed by atoms with Crippen LogP contribution in [0.1, 0.15) is 44.1 Å². The molecule has 1 saturated carbocycles. The van der Waals surface area contributed by atoms with Gasteiger partial charge in [0.25, 0.3) is 0 Å². The fraction of sp³-hybridized carbons (Fsp3) is 0.714. The van der Waals surface area contributed by atoms with Gasteiger partial charge < -0.3 is 10.6 Å². The Morgan fingerprint density at radius 2 is 1.92 bits per heavy atom. The summed E-state index contributed by atoms with van der Waals surface area (Å²) in [6, 6.07) is 8.10. The highest BCUT2D eigenvalue weighted by Gasteiger charge is 2.55. The maximum Gasteiger partial charge on any atom is 0.123 e. The molecule has 3 aliphatic rings. The molecule has 4 rings (SSSR count). The molecule has 25 heavy (non-hydrogen) atoms. The SMILES string of the molecule is CNC1CCCC1C(c1cccc(F)c1)(C1CCNCC1)N1CCC1. The average Bonchev–Trinajstić information content (AvgIpc) is 3.07. The molecule has 2 N–H and O–H groups in total. The van der Waals surface area contributed by atoms with Crippen LogP contribution in [0.5, 0.6) is 0 Å². The second kappa shape index (κ2) is 7.34. The zero-order valence-corrected chi connectivity index (χ0v) is 15.4. The maximum absolute atomic E-state index is 14.3. The molecule has 0 bridgehead atoms. The van der Waals surface area contributed by atoms with Gasteiger partial charge in [-0.1, -0.05) is 18.6 Å². The van der Waals surface area contributed by atoms with E-state index in [1.165, 1.54) is 44.1 Å². The van der Waals surface area contributed by atoms with Crippen LogP contribution in [-0.2, 0) is 5.54 Å². The van der Waals surface area contributed by atoms with Gasteiger partial charge in [-0.05, 0) is 81.8 Å². The second-order valence-corrected chi connectivity index (χ2v) is 8.13. The van der Waals surface area contributed by atoms with Crippen LogP contribution in [0.25, 0.3) is 0 Å². The maximum atomic E-state index is 14.3. The van der Waals surface area contributed by atoms with Crippen molar-refractivity contribution in [1.29, 1.82) is 0 Å². The van der Waals surface area contributed by atoms with E-state index in [4.69, 9.17) is 0 Å². The van der Waals surface area contributed by atoms with Gasteiger partial charge in [-0.3, -0.25) is 4.90 Å². The molecule has 3 fully saturated rings. The highest BCUT2D eigenvalue weighted by atomic mass is 19.1. The summed E-state index contributed by atoms with van der Waals surface area (Å²) in [5, 5.41) is 7.14. The molecule has 4 heteroatoms. The minimum Gasteiger partial charge on any atom is -0.317 e. The van der Waals surface area contributed by atoms with Crippen LogP contribution >= 0.6 is 0 Å². The monoisotopic (exact) mass is 345 g/mol. The number of hydrogen-bond acceptors (Lipinski definition) is 3. The Morgan fingerprint density at radius 1 is 1.12 bits per heavy atom. The minimum absolute atomic E-state index is 0.00731. The zero-order valence-electron chi connectivity index (χ0n) is 15.4. The quantitative estimate of drug-likeness (QED) is 0.859. The second-order valence-electron chi connectivity index (χ2n) is 8.13. The molecule has 0 radical (unpaired) electrons. The topological polar surface area (TPSA) is 27.3 Å². The van der Waals surface area contributed by atoms with E-state index in [1.54, 1.807) is 6.07 Å². The van der Waals surface area contributed by atoms with E-state index in [2.05, 4.69) is 28.6 Å². The van der Waals surface area contributed by atoms with Crippen molar-refractivity contribution in [3.05, 3.63) is 35.6 Å². The van der Waals surface area contributed by atoms with E-state index in [9.17, 15) is 4.39 Å². The molecule has 3 atom stereocenters. The van der Waals surface area contributed by atoms with Crippen molar-refractivity contribution < 1.29 is 4.39 Å². The fourth-order valence-corrected chi connectivity index (χ4v) is 5.95. The van der Waals surface area contributed by atoms with Gasteiger partial charge in [-0.25, -0.2) is 4.39 Å². The normalized spacial score (nSPS) is 30.8. The van der Waals surface area contributed by atoms with Gasteiger partial charge in [0.2, 0.25) is 0 Å². The fourth-order valence-electron chi connectivity index (χ4n) is 5.95. The number of piperidine rings is 1. The van der Waals surface area contributed by atoms with Gasteiger partial charge in [0.15, 0.2) is 0 Å². The van der Waals surface area contributed by atoms with Crippen molar-refractivity contribution in [2.24, 2.45) is 11.8 Å². The molecule has 1 aromatic rings. The van der Waals surface area contributed by atoms with Crippen LogP contribution in [0.3, 0.4) is 0 Å². The lowest BCUT2D eigenvalue weighted by atomic mass is 9.62. The Morgan fingerprint density at radius 3 is 2.56 bits per heavy atom. The van der Waals surface area contributed by atoms with E-state index in [-0.39, 0.29) is 11.4 Å². The Bertz CT molecular complexity index is 582. The summed E-state index contributed by atoms with van der Waals surface area (Å²) in [6.07, 6.45) is 7.45. The lowest BCUT2D eigenvalue weighted by Crippen LogP contribution is -2.64. The third kappa shape index (κ3) is 2.92. The van der Waals surface area contributed by atoms with Gasteiger partial charge in [-0.15, -0.1) is 0 Å². The van der Waals surface area contributed by atoms with Crippen LogP contribution in [0.4, 0.5) is 4.39 Å². The van der Waals surface area contributed by atoms with Gasteiger partial charge in [-0.2, -0.15) is 0 Å². The summed E-state index contributed by atoms with van der Waals surface area (Å²) in [5.74, 6) is 1.09. The van der Waals surface area contributed by atoms with E-state index >= 15 is 0 Å². The van der Waals surface area contributed by atoms with E-state index in [0.717, 1.165) is 26.2 Å². The molecule has 138 valence electrons. The molecular weight excluding hydrogens is 313 g/mol.